The van der Waals surface area contributed by atoms with E-state index in [1.165, 1.54) is 25.7 Å². The van der Waals surface area contributed by atoms with Crippen LogP contribution in [-0.4, -0.2) is 0 Å². The Morgan fingerprint density at radius 3 is 2.45 bits per heavy atom. The van der Waals surface area contributed by atoms with E-state index in [4.69, 9.17) is 0 Å². The second-order valence-corrected chi connectivity index (χ2v) is 4.71. The van der Waals surface area contributed by atoms with Crippen LogP contribution in [0.15, 0.2) is 12.2 Å². The van der Waals surface area contributed by atoms with Crippen LogP contribution >= 0.6 is 0 Å². The van der Waals surface area contributed by atoms with Crippen LogP contribution in [-0.2, 0) is 0 Å². The molecular weight excluding hydrogens is 132 g/mol. The van der Waals surface area contributed by atoms with Gasteiger partial charge in [-0.05, 0) is 42.9 Å². The first kappa shape index (κ1) is 7.39. The maximum absolute atomic E-state index is 4.23. The molecule has 2 rings (SSSR count). The van der Waals surface area contributed by atoms with Gasteiger partial charge in [-0.1, -0.05) is 26.0 Å². The van der Waals surface area contributed by atoms with Gasteiger partial charge >= 0.3 is 0 Å². The van der Waals surface area contributed by atoms with Crippen LogP contribution in [0.4, 0.5) is 0 Å². The zero-order chi connectivity index (χ0) is 8.06. The molecular formula is C11H18. The first-order valence-electron chi connectivity index (χ1n) is 4.83. The number of allylic oxidation sites excluding steroid dienone is 1. The van der Waals surface area contributed by atoms with Gasteiger partial charge in [0.1, 0.15) is 0 Å². The second-order valence-electron chi connectivity index (χ2n) is 4.71. The van der Waals surface area contributed by atoms with E-state index >= 15 is 0 Å². The molecule has 2 saturated carbocycles. The van der Waals surface area contributed by atoms with Gasteiger partial charge in [-0.15, -0.1) is 0 Å². The first-order valence-corrected chi connectivity index (χ1v) is 4.83. The van der Waals surface area contributed by atoms with Crippen molar-refractivity contribution in [2.45, 2.75) is 39.5 Å². The van der Waals surface area contributed by atoms with Crippen molar-refractivity contribution in [2.75, 3.05) is 0 Å². The van der Waals surface area contributed by atoms with Gasteiger partial charge < -0.3 is 0 Å². The van der Waals surface area contributed by atoms with E-state index in [9.17, 15) is 0 Å². The van der Waals surface area contributed by atoms with Gasteiger partial charge in [-0.3, -0.25) is 0 Å². The molecule has 0 saturated heterocycles. The van der Waals surface area contributed by atoms with E-state index in [1.54, 1.807) is 5.57 Å². The summed E-state index contributed by atoms with van der Waals surface area (Å²) in [5.41, 5.74) is 2.19. The van der Waals surface area contributed by atoms with Crippen molar-refractivity contribution in [2.24, 2.45) is 17.3 Å². The van der Waals surface area contributed by atoms with Gasteiger partial charge in [0.15, 0.2) is 0 Å². The summed E-state index contributed by atoms with van der Waals surface area (Å²) in [7, 11) is 0. The standard InChI is InChI=1S/C11H18/c1-8-6-9(2)11(4-5-11)10(3)7-8/h8,10H,2,4-7H2,1,3H3/t8-,10+/m1/s1. The van der Waals surface area contributed by atoms with E-state index in [0.29, 0.717) is 5.41 Å². The van der Waals surface area contributed by atoms with E-state index in [0.717, 1.165) is 11.8 Å². The van der Waals surface area contributed by atoms with Gasteiger partial charge in [0.2, 0.25) is 0 Å². The Labute approximate surface area is 69.7 Å². The lowest BCUT2D eigenvalue weighted by molar-refractivity contribution is 0.253. The molecule has 0 aliphatic heterocycles. The van der Waals surface area contributed by atoms with Crippen molar-refractivity contribution in [3.05, 3.63) is 12.2 Å². The Hall–Kier alpha value is -0.260. The fourth-order valence-electron chi connectivity index (χ4n) is 2.87. The Morgan fingerprint density at radius 2 is 2.00 bits per heavy atom. The maximum atomic E-state index is 4.23. The summed E-state index contributed by atoms with van der Waals surface area (Å²) in [6.45, 7) is 9.00. The third-order valence-corrected chi connectivity index (χ3v) is 3.79. The molecule has 0 amide bonds. The van der Waals surface area contributed by atoms with Crippen molar-refractivity contribution < 1.29 is 0 Å². The van der Waals surface area contributed by atoms with Crippen LogP contribution in [0.1, 0.15) is 39.5 Å². The van der Waals surface area contributed by atoms with Crippen molar-refractivity contribution >= 4 is 0 Å². The minimum absolute atomic E-state index is 0.631. The molecule has 2 fully saturated rings. The Balaban J connectivity index is 2.16. The van der Waals surface area contributed by atoms with Crippen LogP contribution in [0.3, 0.4) is 0 Å². The van der Waals surface area contributed by atoms with E-state index in [-0.39, 0.29) is 0 Å². The van der Waals surface area contributed by atoms with Crippen LogP contribution in [0.25, 0.3) is 0 Å². The average molecular weight is 150 g/mol. The zero-order valence-corrected chi connectivity index (χ0v) is 7.69. The maximum Gasteiger partial charge on any atom is -0.00643 e. The lowest BCUT2D eigenvalue weighted by Gasteiger charge is -2.35. The molecule has 2 atom stereocenters. The van der Waals surface area contributed by atoms with Gasteiger partial charge in [-0.2, -0.15) is 0 Å². The van der Waals surface area contributed by atoms with Crippen LogP contribution in [0, 0.1) is 17.3 Å². The van der Waals surface area contributed by atoms with Crippen LogP contribution < -0.4 is 0 Å². The molecule has 0 unspecified atom stereocenters. The Morgan fingerprint density at radius 1 is 1.36 bits per heavy atom. The largest absolute Gasteiger partial charge is 0.0993 e. The number of hydrogen-bond acceptors (Lipinski definition) is 0. The monoisotopic (exact) mass is 150 g/mol. The molecule has 2 aliphatic rings. The highest BCUT2D eigenvalue weighted by atomic mass is 14.6. The molecule has 2 aliphatic carbocycles. The van der Waals surface area contributed by atoms with Crippen molar-refractivity contribution in [3.63, 3.8) is 0 Å². The molecule has 0 N–H and O–H groups in total. The molecule has 0 aromatic carbocycles. The highest BCUT2D eigenvalue weighted by Crippen LogP contribution is 2.62. The fourth-order valence-corrected chi connectivity index (χ4v) is 2.87. The highest BCUT2D eigenvalue weighted by Gasteiger charge is 2.51. The molecule has 0 aromatic rings. The molecule has 62 valence electrons. The van der Waals surface area contributed by atoms with Gasteiger partial charge in [0, 0.05) is 0 Å². The second kappa shape index (κ2) is 2.12. The Kier molecular flexibility index (Phi) is 1.42. The van der Waals surface area contributed by atoms with Crippen LogP contribution in [0.5, 0.6) is 0 Å². The molecule has 0 heteroatoms. The van der Waals surface area contributed by atoms with Gasteiger partial charge in [0.05, 0.1) is 0 Å². The fraction of sp³-hybridized carbons (Fsp3) is 0.818. The van der Waals surface area contributed by atoms with Crippen molar-refractivity contribution in [3.8, 4) is 0 Å². The topological polar surface area (TPSA) is 0 Å². The lowest BCUT2D eigenvalue weighted by atomic mass is 9.70. The predicted molar refractivity (Wildman–Crippen MR) is 48.4 cm³/mol. The molecule has 0 bridgehead atoms. The van der Waals surface area contributed by atoms with E-state index in [2.05, 4.69) is 20.4 Å². The summed E-state index contributed by atoms with van der Waals surface area (Å²) in [6.07, 6.45) is 5.59. The zero-order valence-electron chi connectivity index (χ0n) is 7.69. The van der Waals surface area contributed by atoms with Crippen LogP contribution in [0.2, 0.25) is 0 Å². The molecule has 0 aromatic heterocycles. The minimum Gasteiger partial charge on any atom is -0.0993 e. The summed E-state index contributed by atoms with van der Waals surface area (Å²) in [6, 6.07) is 0. The van der Waals surface area contributed by atoms with Gasteiger partial charge in [-0.25, -0.2) is 0 Å². The number of hydrogen-bond donors (Lipinski definition) is 0. The third kappa shape index (κ3) is 0.953. The quantitative estimate of drug-likeness (QED) is 0.464. The summed E-state index contributed by atoms with van der Waals surface area (Å²) in [5, 5.41) is 0. The number of rotatable bonds is 0. The summed E-state index contributed by atoms with van der Waals surface area (Å²) in [5.74, 6) is 1.81. The normalized spacial score (nSPS) is 41.1. The smallest absolute Gasteiger partial charge is 0.00643 e. The molecule has 11 heavy (non-hydrogen) atoms. The summed E-state index contributed by atoms with van der Waals surface area (Å²) in [4.78, 5) is 0. The third-order valence-electron chi connectivity index (χ3n) is 3.79. The SMILES string of the molecule is C=C1C[C@@H](C)C[C@H](C)C12CC2. The molecule has 0 nitrogen and oxygen atoms in total. The molecule has 0 heterocycles. The lowest BCUT2D eigenvalue weighted by Crippen LogP contribution is -2.24. The van der Waals surface area contributed by atoms with Crippen molar-refractivity contribution in [1.29, 1.82) is 0 Å². The summed E-state index contributed by atoms with van der Waals surface area (Å²) < 4.78 is 0. The van der Waals surface area contributed by atoms with E-state index < -0.39 is 0 Å². The van der Waals surface area contributed by atoms with Crippen molar-refractivity contribution in [1.82, 2.24) is 0 Å². The molecule has 0 radical (unpaired) electrons. The first-order chi connectivity index (χ1) is 5.15. The summed E-state index contributed by atoms with van der Waals surface area (Å²) >= 11 is 0. The Bertz CT molecular complexity index is 186. The predicted octanol–water partition coefficient (Wildman–Crippen LogP) is 3.39. The highest BCUT2D eigenvalue weighted by molar-refractivity contribution is 5.23. The minimum atomic E-state index is 0.631. The van der Waals surface area contributed by atoms with Gasteiger partial charge in [0.25, 0.3) is 0 Å². The average Bonchev–Trinajstić information content (AvgIpc) is 2.62. The van der Waals surface area contributed by atoms with E-state index in [1.807, 2.05) is 0 Å². The molecule has 1 spiro atoms.